The third-order valence-electron chi connectivity index (χ3n) is 5.30. The number of para-hydroxylation sites is 2. The molecule has 1 aliphatic heterocycles. The summed E-state index contributed by atoms with van der Waals surface area (Å²) in [6.45, 7) is 3.29. The average Bonchev–Trinajstić information content (AvgIpc) is 2.96. The first-order chi connectivity index (χ1) is 12.8. The molecular weight excluding hydrogens is 326 g/mol. The van der Waals surface area contributed by atoms with E-state index in [9.17, 15) is 4.79 Å². The van der Waals surface area contributed by atoms with E-state index in [-0.39, 0.29) is 11.7 Å². The zero-order valence-corrected chi connectivity index (χ0v) is 15.2. The van der Waals surface area contributed by atoms with Gasteiger partial charge in [-0.15, -0.1) is 0 Å². The van der Waals surface area contributed by atoms with Gasteiger partial charge in [0.15, 0.2) is 0 Å². The first kappa shape index (κ1) is 17.1. The molecule has 2 aromatic carbocycles. The monoisotopic (exact) mass is 351 g/mol. The van der Waals surface area contributed by atoms with Gasteiger partial charge in [-0.1, -0.05) is 42.5 Å². The fourth-order valence-electron chi connectivity index (χ4n) is 4.02. The highest BCUT2D eigenvalue weighted by molar-refractivity contribution is 5.76. The van der Waals surface area contributed by atoms with E-state index in [1.807, 2.05) is 28.8 Å². The molecule has 2 heterocycles. The number of hydrogen-bond donors (Lipinski definition) is 0. The largest absolute Gasteiger partial charge is 0.364 e. The molecule has 4 rings (SSSR count). The summed E-state index contributed by atoms with van der Waals surface area (Å²) in [7, 11) is 1.63. The second kappa shape index (κ2) is 7.48. The molecule has 0 bridgehead atoms. The van der Waals surface area contributed by atoms with Crippen LogP contribution in [0.4, 0.5) is 0 Å². The third kappa shape index (κ3) is 3.20. The van der Waals surface area contributed by atoms with Crippen LogP contribution in [-0.4, -0.2) is 34.2 Å². The van der Waals surface area contributed by atoms with Gasteiger partial charge in [0, 0.05) is 32.8 Å². The Balaban J connectivity index is 1.54. The molecular formula is C21H25N3O2. The van der Waals surface area contributed by atoms with E-state index >= 15 is 0 Å². The van der Waals surface area contributed by atoms with Crippen LogP contribution in [0.5, 0.6) is 0 Å². The molecule has 5 nitrogen and oxygen atoms in total. The number of rotatable bonds is 5. The molecule has 0 amide bonds. The van der Waals surface area contributed by atoms with Crippen molar-refractivity contribution < 1.29 is 4.74 Å². The van der Waals surface area contributed by atoms with Crippen molar-refractivity contribution in [2.45, 2.75) is 32.2 Å². The average molecular weight is 351 g/mol. The van der Waals surface area contributed by atoms with E-state index in [4.69, 9.17) is 4.74 Å². The van der Waals surface area contributed by atoms with E-state index in [0.717, 1.165) is 43.5 Å². The summed E-state index contributed by atoms with van der Waals surface area (Å²) < 4.78 is 8.95. The molecule has 136 valence electrons. The summed E-state index contributed by atoms with van der Waals surface area (Å²) in [5, 5.41) is 0. The van der Waals surface area contributed by atoms with Crippen LogP contribution in [0.2, 0.25) is 0 Å². The highest BCUT2D eigenvalue weighted by Crippen LogP contribution is 2.26. The van der Waals surface area contributed by atoms with Crippen molar-refractivity contribution in [3.63, 3.8) is 0 Å². The molecule has 0 aliphatic carbocycles. The van der Waals surface area contributed by atoms with Crippen molar-refractivity contribution in [2.24, 2.45) is 0 Å². The van der Waals surface area contributed by atoms with E-state index in [1.165, 1.54) is 5.56 Å². The minimum Gasteiger partial charge on any atom is -0.364 e. The van der Waals surface area contributed by atoms with Crippen molar-refractivity contribution in [1.29, 1.82) is 0 Å². The molecule has 3 aromatic rings. The Morgan fingerprint density at radius 3 is 2.31 bits per heavy atom. The molecule has 0 N–H and O–H groups in total. The van der Waals surface area contributed by atoms with Gasteiger partial charge in [-0.05, 0) is 30.5 Å². The first-order valence-corrected chi connectivity index (χ1v) is 9.23. The number of ether oxygens (including phenoxy) is 1. The van der Waals surface area contributed by atoms with Gasteiger partial charge in [0.1, 0.15) is 6.73 Å². The zero-order valence-electron chi connectivity index (χ0n) is 15.2. The standard InChI is InChI=1S/C21H25N3O2/c1-26-16-23-19-9-5-6-10-20(19)24(21(23)25)18-11-13-22(14-12-18)15-17-7-3-2-4-8-17/h2-10,18H,11-16H2,1H3. The molecule has 26 heavy (non-hydrogen) atoms. The first-order valence-electron chi connectivity index (χ1n) is 9.23. The van der Waals surface area contributed by atoms with Crippen molar-refractivity contribution in [3.05, 3.63) is 70.6 Å². The molecule has 5 heteroatoms. The Hall–Kier alpha value is -2.37. The predicted molar refractivity (Wildman–Crippen MR) is 103 cm³/mol. The highest BCUT2D eigenvalue weighted by atomic mass is 16.5. The SMILES string of the molecule is COCn1c(=O)n(C2CCN(Cc3ccccc3)CC2)c2ccccc21. The summed E-state index contributed by atoms with van der Waals surface area (Å²) in [6.07, 6.45) is 1.99. The smallest absolute Gasteiger partial charge is 0.331 e. The minimum atomic E-state index is 0.0366. The maximum Gasteiger partial charge on any atom is 0.331 e. The van der Waals surface area contributed by atoms with Crippen molar-refractivity contribution in [3.8, 4) is 0 Å². The molecule has 1 saturated heterocycles. The number of fused-ring (bicyclic) bond motifs is 1. The maximum absolute atomic E-state index is 13.0. The van der Waals surface area contributed by atoms with E-state index < -0.39 is 0 Å². The number of imidazole rings is 1. The van der Waals surface area contributed by atoms with Gasteiger partial charge < -0.3 is 4.74 Å². The summed E-state index contributed by atoms with van der Waals surface area (Å²) in [5.74, 6) is 0. The van der Waals surface area contributed by atoms with E-state index in [1.54, 1.807) is 11.7 Å². The Labute approximate surface area is 153 Å². The lowest BCUT2D eigenvalue weighted by molar-refractivity contribution is 0.129. The summed E-state index contributed by atoms with van der Waals surface area (Å²) >= 11 is 0. The topological polar surface area (TPSA) is 39.4 Å². The molecule has 0 unspecified atom stereocenters. The molecule has 0 spiro atoms. The predicted octanol–water partition coefficient (Wildman–Crippen LogP) is 3.24. The van der Waals surface area contributed by atoms with Crippen molar-refractivity contribution in [1.82, 2.24) is 14.0 Å². The van der Waals surface area contributed by atoms with Gasteiger partial charge in [-0.3, -0.25) is 14.0 Å². The zero-order chi connectivity index (χ0) is 17.9. The number of aromatic nitrogens is 2. The van der Waals surface area contributed by atoms with Gasteiger partial charge >= 0.3 is 5.69 Å². The number of methoxy groups -OCH3 is 1. The number of nitrogens with zero attached hydrogens (tertiary/aromatic N) is 3. The van der Waals surface area contributed by atoms with Gasteiger partial charge in [0.25, 0.3) is 0 Å². The van der Waals surface area contributed by atoms with Crippen LogP contribution in [0.25, 0.3) is 11.0 Å². The molecule has 1 aliphatic rings. The van der Waals surface area contributed by atoms with Gasteiger partial charge in [-0.25, -0.2) is 4.79 Å². The van der Waals surface area contributed by atoms with E-state index in [0.29, 0.717) is 6.73 Å². The lowest BCUT2D eigenvalue weighted by atomic mass is 10.0. The molecule has 0 radical (unpaired) electrons. The minimum absolute atomic E-state index is 0.0366. The molecule has 1 aromatic heterocycles. The second-order valence-corrected chi connectivity index (χ2v) is 6.98. The van der Waals surface area contributed by atoms with Crippen LogP contribution in [0.3, 0.4) is 0 Å². The summed E-state index contributed by atoms with van der Waals surface area (Å²) in [5.41, 5.74) is 3.34. The van der Waals surface area contributed by atoms with Crippen LogP contribution in [0.15, 0.2) is 59.4 Å². The number of benzene rings is 2. The second-order valence-electron chi connectivity index (χ2n) is 6.98. The number of likely N-dealkylation sites (tertiary alicyclic amines) is 1. The Morgan fingerprint density at radius 1 is 0.962 bits per heavy atom. The number of piperidine rings is 1. The fraction of sp³-hybridized carbons (Fsp3) is 0.381. The maximum atomic E-state index is 13.0. The lowest BCUT2D eigenvalue weighted by Gasteiger charge is -2.32. The Kier molecular flexibility index (Phi) is 4.91. The normalized spacial score (nSPS) is 16.3. The van der Waals surface area contributed by atoms with Gasteiger partial charge in [0.05, 0.1) is 11.0 Å². The van der Waals surface area contributed by atoms with Crippen LogP contribution >= 0.6 is 0 Å². The molecule has 1 fully saturated rings. The molecule has 0 atom stereocenters. The van der Waals surface area contributed by atoms with Gasteiger partial charge in [-0.2, -0.15) is 0 Å². The van der Waals surface area contributed by atoms with Gasteiger partial charge in [0.2, 0.25) is 0 Å². The number of hydrogen-bond acceptors (Lipinski definition) is 3. The quantitative estimate of drug-likeness (QED) is 0.708. The third-order valence-corrected chi connectivity index (χ3v) is 5.30. The highest BCUT2D eigenvalue weighted by Gasteiger charge is 2.25. The van der Waals surface area contributed by atoms with Crippen LogP contribution < -0.4 is 5.69 Å². The molecule has 0 saturated carbocycles. The lowest BCUT2D eigenvalue weighted by Crippen LogP contribution is -2.37. The van der Waals surface area contributed by atoms with Crippen molar-refractivity contribution in [2.75, 3.05) is 20.2 Å². The fourth-order valence-corrected chi connectivity index (χ4v) is 4.02. The summed E-state index contributed by atoms with van der Waals surface area (Å²) in [6, 6.07) is 18.8. The Morgan fingerprint density at radius 2 is 1.62 bits per heavy atom. The van der Waals surface area contributed by atoms with Crippen LogP contribution in [0.1, 0.15) is 24.4 Å². The van der Waals surface area contributed by atoms with E-state index in [2.05, 4.69) is 35.2 Å². The van der Waals surface area contributed by atoms with Crippen LogP contribution in [0, 0.1) is 0 Å². The van der Waals surface area contributed by atoms with Crippen molar-refractivity contribution >= 4 is 11.0 Å². The summed E-state index contributed by atoms with van der Waals surface area (Å²) in [4.78, 5) is 15.5. The Bertz CT molecular complexity index is 921. The van der Waals surface area contributed by atoms with Crippen LogP contribution in [-0.2, 0) is 18.0 Å².